The van der Waals surface area contributed by atoms with Crippen LogP contribution in [0.4, 0.5) is 0 Å². The highest BCUT2D eigenvalue weighted by atomic mass is 15.4. The second kappa shape index (κ2) is 4.56. The summed E-state index contributed by atoms with van der Waals surface area (Å²) in [6, 6.07) is 0. The summed E-state index contributed by atoms with van der Waals surface area (Å²) < 4.78 is 2.04. The van der Waals surface area contributed by atoms with Gasteiger partial charge in [0.25, 0.3) is 0 Å². The number of hydrogen-bond donors (Lipinski definition) is 0. The molecule has 2 aliphatic rings. The molecule has 0 spiro atoms. The van der Waals surface area contributed by atoms with Crippen LogP contribution in [0.15, 0.2) is 0 Å². The van der Waals surface area contributed by atoms with E-state index in [0.29, 0.717) is 5.41 Å². The molecular formula is C14H25N5. The Morgan fingerprint density at radius 2 is 2.11 bits per heavy atom. The van der Waals surface area contributed by atoms with Crippen molar-refractivity contribution in [2.45, 2.75) is 33.9 Å². The third kappa shape index (κ3) is 2.19. The number of nitrogens with zero attached hydrogens (tertiary/aromatic N) is 5. The first-order valence-electron chi connectivity index (χ1n) is 7.31. The zero-order valence-corrected chi connectivity index (χ0v) is 12.6. The molecular weight excluding hydrogens is 238 g/mol. The number of hydrogen-bond acceptors (Lipinski definition) is 4. The molecule has 5 heteroatoms. The van der Waals surface area contributed by atoms with Crippen molar-refractivity contribution in [2.75, 3.05) is 33.2 Å². The van der Waals surface area contributed by atoms with Crippen LogP contribution in [0, 0.1) is 18.3 Å². The van der Waals surface area contributed by atoms with E-state index in [1.165, 1.54) is 31.9 Å². The highest BCUT2D eigenvalue weighted by Gasteiger charge is 2.48. The van der Waals surface area contributed by atoms with E-state index in [9.17, 15) is 0 Å². The van der Waals surface area contributed by atoms with Crippen molar-refractivity contribution in [1.82, 2.24) is 24.8 Å². The number of likely N-dealkylation sites (tertiary alicyclic amines) is 2. The summed E-state index contributed by atoms with van der Waals surface area (Å²) in [4.78, 5) is 5.07. The molecule has 1 aromatic heterocycles. The maximum absolute atomic E-state index is 4.21. The normalized spacial score (nSPS) is 32.1. The molecule has 0 saturated carbocycles. The van der Waals surface area contributed by atoms with E-state index >= 15 is 0 Å². The smallest absolute Gasteiger partial charge is 0.0841 e. The molecule has 0 N–H and O–H groups in total. The molecule has 3 heterocycles. The molecule has 0 radical (unpaired) electrons. The highest BCUT2D eigenvalue weighted by Crippen LogP contribution is 2.41. The lowest BCUT2D eigenvalue weighted by atomic mass is 9.83. The molecule has 0 aliphatic carbocycles. The summed E-state index contributed by atoms with van der Waals surface area (Å²) in [7, 11) is 2.24. The Kier molecular flexibility index (Phi) is 3.14. The Morgan fingerprint density at radius 3 is 2.79 bits per heavy atom. The lowest BCUT2D eigenvalue weighted by molar-refractivity contribution is 0.234. The minimum Gasteiger partial charge on any atom is -0.305 e. The van der Waals surface area contributed by atoms with Crippen molar-refractivity contribution in [3.8, 4) is 0 Å². The summed E-state index contributed by atoms with van der Waals surface area (Å²) in [5.41, 5.74) is 2.85. The fraction of sp³-hybridized carbons (Fsp3) is 0.857. The molecule has 0 amide bonds. The number of aryl methyl sites for hydroxylation is 2. The number of fused-ring (bicyclic) bond motifs is 1. The maximum atomic E-state index is 4.21. The van der Waals surface area contributed by atoms with Gasteiger partial charge in [-0.2, -0.15) is 0 Å². The first-order valence-corrected chi connectivity index (χ1v) is 7.31. The van der Waals surface area contributed by atoms with Crippen LogP contribution >= 0.6 is 0 Å². The summed E-state index contributed by atoms with van der Waals surface area (Å²) in [5, 5.41) is 8.42. The van der Waals surface area contributed by atoms with Gasteiger partial charge in [-0.1, -0.05) is 12.1 Å². The van der Waals surface area contributed by atoms with Gasteiger partial charge in [-0.15, -0.1) is 5.10 Å². The van der Waals surface area contributed by atoms with Crippen molar-refractivity contribution in [1.29, 1.82) is 0 Å². The fourth-order valence-electron chi connectivity index (χ4n) is 3.95. The standard InChI is InChI=1S/C14H25N5/c1-5-19-13(11(2)15-16-19)8-18-7-12-6-17(4)9-14(12,3)10-18/h12H,5-10H2,1-4H3/t12-,14+/m0/s1. The molecule has 0 bridgehead atoms. The third-order valence-electron chi connectivity index (χ3n) is 4.92. The Labute approximate surface area is 115 Å². The third-order valence-corrected chi connectivity index (χ3v) is 4.92. The first kappa shape index (κ1) is 13.1. The summed E-state index contributed by atoms with van der Waals surface area (Å²) in [6.45, 7) is 13.5. The van der Waals surface area contributed by atoms with E-state index in [1.807, 2.05) is 4.68 Å². The van der Waals surface area contributed by atoms with Crippen molar-refractivity contribution >= 4 is 0 Å². The van der Waals surface area contributed by atoms with Crippen molar-refractivity contribution in [2.24, 2.45) is 11.3 Å². The molecule has 5 nitrogen and oxygen atoms in total. The largest absolute Gasteiger partial charge is 0.305 e. The molecule has 106 valence electrons. The van der Waals surface area contributed by atoms with Gasteiger partial charge in [-0.25, -0.2) is 4.68 Å². The summed E-state index contributed by atoms with van der Waals surface area (Å²) in [6.07, 6.45) is 0. The molecule has 3 rings (SSSR count). The van der Waals surface area contributed by atoms with Gasteiger partial charge in [0.1, 0.15) is 0 Å². The van der Waals surface area contributed by atoms with Gasteiger partial charge in [-0.05, 0) is 32.2 Å². The topological polar surface area (TPSA) is 37.2 Å². The lowest BCUT2D eigenvalue weighted by Crippen LogP contribution is -2.31. The van der Waals surface area contributed by atoms with E-state index in [0.717, 1.165) is 24.7 Å². The second-order valence-electron chi connectivity index (χ2n) is 6.65. The SMILES string of the molecule is CCn1nnc(C)c1CN1C[C@@H]2CN(C)C[C@]2(C)C1. The van der Waals surface area contributed by atoms with E-state index in [4.69, 9.17) is 0 Å². The zero-order valence-electron chi connectivity index (χ0n) is 12.6. The number of rotatable bonds is 3. The minimum absolute atomic E-state index is 0.479. The minimum atomic E-state index is 0.479. The first-order chi connectivity index (χ1) is 9.01. The Balaban J connectivity index is 1.71. The van der Waals surface area contributed by atoms with Crippen LogP contribution in [-0.2, 0) is 13.1 Å². The average Bonchev–Trinajstić information content (AvgIpc) is 2.90. The van der Waals surface area contributed by atoms with Gasteiger partial charge >= 0.3 is 0 Å². The van der Waals surface area contributed by atoms with E-state index in [2.05, 4.69) is 47.9 Å². The van der Waals surface area contributed by atoms with E-state index in [1.54, 1.807) is 0 Å². The fourth-order valence-corrected chi connectivity index (χ4v) is 3.95. The van der Waals surface area contributed by atoms with E-state index < -0.39 is 0 Å². The van der Waals surface area contributed by atoms with Gasteiger partial charge in [0.2, 0.25) is 0 Å². The van der Waals surface area contributed by atoms with Gasteiger partial charge < -0.3 is 4.90 Å². The summed E-state index contributed by atoms with van der Waals surface area (Å²) >= 11 is 0. The van der Waals surface area contributed by atoms with Gasteiger partial charge in [0.05, 0.1) is 11.4 Å². The second-order valence-corrected chi connectivity index (χ2v) is 6.65. The van der Waals surface area contributed by atoms with Crippen LogP contribution in [0.5, 0.6) is 0 Å². The van der Waals surface area contributed by atoms with Crippen LogP contribution in [0.25, 0.3) is 0 Å². The Morgan fingerprint density at radius 1 is 1.32 bits per heavy atom. The predicted molar refractivity (Wildman–Crippen MR) is 74.8 cm³/mol. The molecule has 2 atom stereocenters. The molecule has 0 unspecified atom stereocenters. The van der Waals surface area contributed by atoms with Crippen LogP contribution in [0.2, 0.25) is 0 Å². The zero-order chi connectivity index (χ0) is 13.6. The van der Waals surface area contributed by atoms with Crippen LogP contribution < -0.4 is 0 Å². The Bertz CT molecular complexity index is 468. The van der Waals surface area contributed by atoms with Crippen molar-refractivity contribution in [3.63, 3.8) is 0 Å². The van der Waals surface area contributed by atoms with Crippen LogP contribution in [0.3, 0.4) is 0 Å². The average molecular weight is 263 g/mol. The summed E-state index contributed by atoms with van der Waals surface area (Å²) in [5.74, 6) is 0.823. The van der Waals surface area contributed by atoms with Crippen LogP contribution in [0.1, 0.15) is 25.2 Å². The molecule has 2 saturated heterocycles. The maximum Gasteiger partial charge on any atom is 0.0841 e. The lowest BCUT2D eigenvalue weighted by Gasteiger charge is -2.24. The molecule has 2 aliphatic heterocycles. The molecule has 0 aromatic carbocycles. The Hall–Kier alpha value is -0.940. The molecule has 1 aromatic rings. The molecule has 19 heavy (non-hydrogen) atoms. The van der Waals surface area contributed by atoms with Gasteiger partial charge in [0, 0.05) is 39.3 Å². The number of aromatic nitrogens is 3. The van der Waals surface area contributed by atoms with Crippen molar-refractivity contribution in [3.05, 3.63) is 11.4 Å². The monoisotopic (exact) mass is 263 g/mol. The van der Waals surface area contributed by atoms with Crippen LogP contribution in [-0.4, -0.2) is 58.0 Å². The predicted octanol–water partition coefficient (Wildman–Crippen LogP) is 0.990. The van der Waals surface area contributed by atoms with E-state index in [-0.39, 0.29) is 0 Å². The van der Waals surface area contributed by atoms with Crippen molar-refractivity contribution < 1.29 is 0 Å². The molecule has 2 fully saturated rings. The van der Waals surface area contributed by atoms with Gasteiger partial charge in [-0.3, -0.25) is 4.90 Å². The quantitative estimate of drug-likeness (QED) is 0.815. The highest BCUT2D eigenvalue weighted by molar-refractivity contribution is 5.10. The van der Waals surface area contributed by atoms with Gasteiger partial charge in [0.15, 0.2) is 0 Å².